The Labute approximate surface area is 244 Å². The summed E-state index contributed by atoms with van der Waals surface area (Å²) in [6.07, 6.45) is -0.898. The molecule has 1 fully saturated rings. The lowest BCUT2D eigenvalue weighted by Gasteiger charge is -2.51. The largest absolute Gasteiger partial charge is 0.477 e. The molecule has 0 saturated carbocycles. The molecule has 1 aromatic heterocycles. The van der Waals surface area contributed by atoms with E-state index in [1.807, 2.05) is 0 Å². The van der Waals surface area contributed by atoms with E-state index in [4.69, 9.17) is 9.47 Å². The van der Waals surface area contributed by atoms with Crippen LogP contribution in [0.1, 0.15) is 24.3 Å². The molecule has 41 heavy (non-hydrogen) atoms. The van der Waals surface area contributed by atoms with Crippen LogP contribution < -0.4 is 0 Å². The van der Waals surface area contributed by atoms with Gasteiger partial charge in [0.1, 0.15) is 29.2 Å². The van der Waals surface area contributed by atoms with Crippen molar-refractivity contribution in [2.24, 2.45) is 0 Å². The molecule has 2 aliphatic rings. The van der Waals surface area contributed by atoms with Crippen LogP contribution in [0.3, 0.4) is 0 Å². The lowest BCUT2D eigenvalue weighted by Crippen LogP contribution is -2.70. The normalized spacial score (nSPS) is 20.0. The number of hydrogen-bond donors (Lipinski definition) is 1. The Kier molecular flexibility index (Phi) is 7.40. The molecule has 1 amide bonds. The molecule has 13 nitrogen and oxygen atoms in total. The lowest BCUT2D eigenvalue weighted by molar-refractivity contribution is -0.384. The van der Waals surface area contributed by atoms with Crippen molar-refractivity contribution in [3.8, 4) is 11.4 Å². The van der Waals surface area contributed by atoms with Crippen molar-refractivity contribution in [3.63, 3.8) is 0 Å². The summed E-state index contributed by atoms with van der Waals surface area (Å²) in [7, 11) is 0. The van der Waals surface area contributed by atoms with Crippen molar-refractivity contribution in [2.45, 2.75) is 29.3 Å². The van der Waals surface area contributed by atoms with Crippen molar-refractivity contribution in [1.29, 1.82) is 0 Å². The Bertz CT molecular complexity index is 1610. The number of nitro groups is 1. The number of fused-ring (bicyclic) bond motifs is 1. The first kappa shape index (κ1) is 28.0. The number of imidazole rings is 1. The summed E-state index contributed by atoms with van der Waals surface area (Å²) in [5.74, 6) is -2.53. The van der Waals surface area contributed by atoms with E-state index in [-0.39, 0.29) is 29.5 Å². The minimum absolute atomic E-state index is 0.0422. The van der Waals surface area contributed by atoms with Crippen molar-refractivity contribution < 1.29 is 38.7 Å². The molecule has 0 radical (unpaired) electrons. The Morgan fingerprint density at radius 2 is 1.88 bits per heavy atom. The smallest absolute Gasteiger partial charge is 0.420 e. The van der Waals surface area contributed by atoms with E-state index in [0.29, 0.717) is 11.1 Å². The number of amides is 1. The highest BCUT2D eigenvalue weighted by atomic mass is 79.9. The maximum Gasteiger partial charge on any atom is 0.420 e. The molecule has 0 bridgehead atoms. The second-order valence-electron chi connectivity index (χ2n) is 8.93. The van der Waals surface area contributed by atoms with Crippen LogP contribution in [0.4, 0.5) is 10.5 Å². The Hall–Kier alpha value is -4.50. The lowest BCUT2D eigenvalue weighted by atomic mass is 9.89. The van der Waals surface area contributed by atoms with Gasteiger partial charge in [-0.15, -0.1) is 11.8 Å². The van der Waals surface area contributed by atoms with Gasteiger partial charge in [0.25, 0.3) is 11.6 Å². The number of non-ortho nitro benzene ring substituents is 1. The van der Waals surface area contributed by atoms with Gasteiger partial charge in [0.05, 0.1) is 4.92 Å². The number of aromatic nitrogens is 2. The summed E-state index contributed by atoms with van der Waals surface area (Å²) < 4.78 is 10.5. The van der Waals surface area contributed by atoms with E-state index < -0.39 is 44.7 Å². The zero-order valence-electron chi connectivity index (χ0n) is 21.0. The number of hydrogen-bond acceptors (Lipinski definition) is 10. The topological polar surface area (TPSA) is 171 Å². The zero-order chi connectivity index (χ0) is 29.5. The predicted octanol–water partition coefficient (Wildman–Crippen LogP) is 4.22. The molecule has 1 N–H and O–H groups in total. The molecule has 5 rings (SSSR count). The molecule has 2 aliphatic heterocycles. The van der Waals surface area contributed by atoms with Gasteiger partial charge in [-0.05, 0) is 17.7 Å². The van der Waals surface area contributed by atoms with E-state index in [0.717, 1.165) is 28.2 Å². The summed E-state index contributed by atoms with van der Waals surface area (Å²) in [6.45, 7) is 0.949. The third-order valence-electron chi connectivity index (χ3n) is 6.32. The summed E-state index contributed by atoms with van der Waals surface area (Å²) in [4.78, 5) is 66.3. The number of thioether (sulfide) groups is 1. The monoisotopic (exact) mass is 642 g/mol. The number of alkyl halides is 1. The number of esters is 1. The number of aliphatic carboxylic acids is 1. The van der Waals surface area contributed by atoms with Gasteiger partial charge in [-0.2, -0.15) is 0 Å². The van der Waals surface area contributed by atoms with Gasteiger partial charge in [0, 0.05) is 36.2 Å². The van der Waals surface area contributed by atoms with E-state index in [2.05, 4.69) is 20.9 Å². The van der Waals surface area contributed by atoms with E-state index in [1.54, 1.807) is 30.3 Å². The van der Waals surface area contributed by atoms with E-state index in [1.165, 1.54) is 35.9 Å². The molecule has 210 valence electrons. The van der Waals surface area contributed by atoms with Crippen molar-refractivity contribution in [3.05, 3.63) is 93.3 Å². The number of nitrogens with zero attached hydrogens (tertiary/aromatic N) is 4. The fourth-order valence-corrected chi connectivity index (χ4v) is 6.68. The first-order chi connectivity index (χ1) is 19.5. The van der Waals surface area contributed by atoms with Crippen LogP contribution >= 0.6 is 27.7 Å². The fourth-order valence-electron chi connectivity index (χ4n) is 4.41. The van der Waals surface area contributed by atoms with Crippen LogP contribution in [0.5, 0.6) is 0 Å². The molecular formula is C26H19BrN4O9S. The number of halogens is 1. The van der Waals surface area contributed by atoms with Crippen LogP contribution in [-0.2, 0) is 30.5 Å². The van der Waals surface area contributed by atoms with Crippen molar-refractivity contribution in [2.75, 3.05) is 0 Å². The third-order valence-corrected chi connectivity index (χ3v) is 9.02. The van der Waals surface area contributed by atoms with Gasteiger partial charge >= 0.3 is 18.0 Å². The standard InChI is InChI=1S/C26H19BrN4O9S/c1-14(32)40-20(26(27)23(35)30-19(22(33)34)13-41-24(26)30)18-11-29(21(28-18)16-5-3-2-4-6-16)25(36)39-12-15-7-9-17(10-8-15)31(37)38/h2-11,13,20,24H,12H2,1H3,(H,33,34)/t20?,24-,26?/m1/s1. The number of carboxylic acids is 1. The number of β-lactam (4-membered cyclic amide) rings is 1. The Morgan fingerprint density at radius 1 is 1.20 bits per heavy atom. The number of carbonyl (C=O) groups excluding carboxylic acids is 3. The molecule has 1 saturated heterocycles. The SMILES string of the molecule is CC(=O)OC(c1cn(C(=O)OCc2ccc([N+](=O)[O-])cc2)c(-c2ccccc2)n1)C1(Br)C(=O)N2C(C(=O)O)=CS[C@@H]21. The predicted molar refractivity (Wildman–Crippen MR) is 146 cm³/mol. The number of carboxylic acid groups (broad SMARTS) is 1. The average molecular weight is 643 g/mol. The molecule has 2 unspecified atom stereocenters. The molecule has 15 heteroatoms. The maximum atomic E-state index is 13.3. The van der Waals surface area contributed by atoms with Crippen molar-refractivity contribution >= 4 is 57.3 Å². The summed E-state index contributed by atoms with van der Waals surface area (Å²) >= 11 is 4.49. The Balaban J connectivity index is 1.49. The second kappa shape index (κ2) is 10.8. The summed E-state index contributed by atoms with van der Waals surface area (Å²) in [5, 5.41) is 20.9. The summed E-state index contributed by atoms with van der Waals surface area (Å²) in [5.41, 5.74) is 0.749. The quantitative estimate of drug-likeness (QED) is 0.123. The van der Waals surface area contributed by atoms with Crippen molar-refractivity contribution in [1.82, 2.24) is 14.5 Å². The highest BCUT2D eigenvalue weighted by Gasteiger charge is 2.69. The Morgan fingerprint density at radius 3 is 2.49 bits per heavy atom. The first-order valence-electron chi connectivity index (χ1n) is 11.9. The minimum Gasteiger partial charge on any atom is -0.477 e. The van der Waals surface area contributed by atoms with E-state index >= 15 is 0 Å². The maximum absolute atomic E-state index is 13.3. The van der Waals surface area contributed by atoms with E-state index in [9.17, 15) is 34.4 Å². The summed E-state index contributed by atoms with van der Waals surface area (Å²) in [6, 6.07) is 14.1. The zero-order valence-corrected chi connectivity index (χ0v) is 23.4. The van der Waals surface area contributed by atoms with Gasteiger partial charge < -0.3 is 14.6 Å². The van der Waals surface area contributed by atoms with Gasteiger partial charge in [-0.3, -0.25) is 24.6 Å². The second-order valence-corrected chi connectivity index (χ2v) is 11.2. The number of ether oxygens (including phenoxy) is 2. The molecule has 3 heterocycles. The molecule has 0 aliphatic carbocycles. The van der Waals surface area contributed by atoms with Crippen LogP contribution in [0.15, 0.2) is 71.9 Å². The third kappa shape index (κ3) is 4.97. The highest BCUT2D eigenvalue weighted by Crippen LogP contribution is 2.58. The van der Waals surface area contributed by atoms with Crippen LogP contribution in [0.25, 0.3) is 11.4 Å². The molecule has 3 atom stereocenters. The van der Waals surface area contributed by atoms with Gasteiger partial charge in [0.15, 0.2) is 10.4 Å². The molecule has 2 aromatic carbocycles. The number of carbonyl (C=O) groups is 4. The number of nitro benzene ring substituents is 1. The first-order valence-corrected chi connectivity index (χ1v) is 13.6. The van der Waals surface area contributed by atoms with Gasteiger partial charge in [0.2, 0.25) is 0 Å². The van der Waals surface area contributed by atoms with Crippen LogP contribution in [-0.4, -0.2) is 58.1 Å². The minimum atomic E-state index is -1.58. The van der Waals surface area contributed by atoms with Gasteiger partial charge in [-0.1, -0.05) is 46.3 Å². The van der Waals surface area contributed by atoms with Gasteiger partial charge in [-0.25, -0.2) is 19.1 Å². The number of rotatable bonds is 8. The molecular weight excluding hydrogens is 624 g/mol. The van der Waals surface area contributed by atoms with Crippen LogP contribution in [0.2, 0.25) is 0 Å². The molecule has 0 spiro atoms. The number of benzene rings is 2. The van der Waals surface area contributed by atoms with Crippen LogP contribution in [0, 0.1) is 10.1 Å². The fraction of sp³-hybridized carbons (Fsp3) is 0.192. The molecule has 3 aromatic rings. The highest BCUT2D eigenvalue weighted by molar-refractivity contribution is 9.10. The average Bonchev–Trinajstić information content (AvgIpc) is 3.59.